The van der Waals surface area contributed by atoms with Crippen LogP contribution >= 0.6 is 0 Å². The predicted molar refractivity (Wildman–Crippen MR) is 151 cm³/mol. The molecular weight excluding hydrogens is 488 g/mol. The van der Waals surface area contributed by atoms with E-state index in [1.165, 1.54) is 18.4 Å². The lowest BCUT2D eigenvalue weighted by molar-refractivity contribution is -0.0295. The van der Waals surface area contributed by atoms with Crippen molar-refractivity contribution in [3.05, 3.63) is 75.9 Å². The molecule has 0 radical (unpaired) electrons. The number of likely N-dealkylation sites (tertiary alicyclic amines) is 1. The van der Waals surface area contributed by atoms with Crippen molar-refractivity contribution in [2.24, 2.45) is 18.9 Å². The van der Waals surface area contributed by atoms with Gasteiger partial charge in [-0.3, -0.25) is 14.3 Å². The van der Waals surface area contributed by atoms with Crippen LogP contribution in [0.15, 0.2) is 47.7 Å². The summed E-state index contributed by atoms with van der Waals surface area (Å²) < 4.78 is 3.58. The fourth-order valence-corrected chi connectivity index (χ4v) is 6.86. The first-order chi connectivity index (χ1) is 18.9. The summed E-state index contributed by atoms with van der Waals surface area (Å²) >= 11 is 0. The van der Waals surface area contributed by atoms with Gasteiger partial charge in [-0.15, -0.1) is 10.2 Å². The molecule has 0 bridgehead atoms. The third-order valence-corrected chi connectivity index (χ3v) is 9.35. The number of aromatic nitrogens is 5. The molecule has 1 aromatic carbocycles. The van der Waals surface area contributed by atoms with Crippen LogP contribution in [0.5, 0.6) is 0 Å². The Hall–Kier alpha value is -3.23. The largest absolute Gasteiger partial charge is 0.377 e. The molecule has 7 rings (SSSR count). The fourth-order valence-electron chi connectivity index (χ4n) is 6.86. The number of hydrogen-bond acceptors (Lipinski definition) is 5. The Bertz CT molecular complexity index is 1580. The van der Waals surface area contributed by atoms with Gasteiger partial charge in [-0.05, 0) is 92.1 Å². The quantitative estimate of drug-likeness (QED) is 0.367. The lowest BCUT2D eigenvalue weighted by Crippen LogP contribution is -2.42. The van der Waals surface area contributed by atoms with Crippen LogP contribution in [0.25, 0.3) is 16.6 Å². The minimum absolute atomic E-state index is 0.0457. The molecular formula is C31H38N6O2. The lowest BCUT2D eigenvalue weighted by Gasteiger charge is -2.41. The molecule has 1 unspecified atom stereocenters. The lowest BCUT2D eigenvalue weighted by atomic mass is 9.69. The number of hydrogen-bond donors (Lipinski definition) is 2. The van der Waals surface area contributed by atoms with Crippen LogP contribution in [-0.2, 0) is 19.2 Å². The van der Waals surface area contributed by atoms with Crippen molar-refractivity contribution in [3.8, 4) is 5.69 Å². The minimum atomic E-state index is -1.25. The molecule has 0 spiro atoms. The standard InChI is InChI=1S/C31H38N6O2/c1-20-6-5-13-36(16-20)17-24-15-26-27(21-11-12-21)18-37(29(38)28(26)33-24)25-10-4-9-23(14-25)31(39,22-7-3-8-22)30-34-32-19-35(30)2/h4,9-10,14-15,18-22,33,39H,3,5-8,11-13,16-17H2,1-2H3/t20-,31?/m0/s1. The van der Waals surface area contributed by atoms with Gasteiger partial charge in [0.05, 0.1) is 0 Å². The zero-order chi connectivity index (χ0) is 26.7. The van der Waals surface area contributed by atoms with Crippen LogP contribution in [0.4, 0.5) is 0 Å². The fraction of sp³-hybridized carbons (Fsp3) is 0.516. The molecule has 0 amide bonds. The van der Waals surface area contributed by atoms with Crippen molar-refractivity contribution in [2.45, 2.75) is 69.9 Å². The maximum Gasteiger partial charge on any atom is 0.279 e. The molecule has 4 aromatic rings. The van der Waals surface area contributed by atoms with Crippen molar-refractivity contribution in [2.75, 3.05) is 13.1 Å². The topological polar surface area (TPSA) is 92.0 Å². The van der Waals surface area contributed by atoms with E-state index >= 15 is 0 Å². The monoisotopic (exact) mass is 526 g/mol. The van der Waals surface area contributed by atoms with Gasteiger partial charge in [-0.2, -0.15) is 0 Å². The molecule has 3 aromatic heterocycles. The summed E-state index contributed by atoms with van der Waals surface area (Å²) in [6.07, 6.45) is 11.5. The highest BCUT2D eigenvalue weighted by atomic mass is 16.3. The first-order valence-corrected chi connectivity index (χ1v) is 14.6. The Kier molecular flexibility index (Phi) is 6.01. The van der Waals surface area contributed by atoms with Gasteiger partial charge in [0.2, 0.25) is 0 Å². The van der Waals surface area contributed by atoms with E-state index in [-0.39, 0.29) is 11.5 Å². The number of aryl methyl sites for hydroxylation is 1. The SMILES string of the molecule is C[C@H]1CCCN(Cc2cc3c(C4CC4)cn(-c4cccc(C(O)(c5nncn5C)C5CCC5)c4)c(=O)c3[nH]2)C1. The summed E-state index contributed by atoms with van der Waals surface area (Å²) in [5.41, 5.74) is 3.27. The molecule has 2 aliphatic carbocycles. The van der Waals surface area contributed by atoms with Gasteiger partial charge in [0.1, 0.15) is 11.8 Å². The van der Waals surface area contributed by atoms with E-state index in [0.717, 1.165) is 80.0 Å². The van der Waals surface area contributed by atoms with E-state index in [4.69, 9.17) is 0 Å². The van der Waals surface area contributed by atoms with Crippen LogP contribution in [0, 0.1) is 11.8 Å². The van der Waals surface area contributed by atoms with Crippen molar-refractivity contribution in [1.29, 1.82) is 0 Å². The van der Waals surface area contributed by atoms with Crippen LogP contribution in [-0.4, -0.2) is 47.4 Å². The average Bonchev–Trinajstić information content (AvgIpc) is 3.50. The number of H-pyrrole nitrogens is 1. The predicted octanol–water partition coefficient (Wildman–Crippen LogP) is 4.59. The first-order valence-electron chi connectivity index (χ1n) is 14.6. The highest BCUT2D eigenvalue weighted by Crippen LogP contribution is 2.46. The Morgan fingerprint density at radius 1 is 1.13 bits per heavy atom. The molecule has 3 aliphatic rings. The number of nitrogens with zero attached hydrogens (tertiary/aromatic N) is 5. The van der Waals surface area contributed by atoms with Crippen LogP contribution < -0.4 is 5.56 Å². The van der Waals surface area contributed by atoms with E-state index in [2.05, 4.69) is 33.1 Å². The number of piperidine rings is 1. The maximum atomic E-state index is 14.0. The average molecular weight is 527 g/mol. The van der Waals surface area contributed by atoms with Gasteiger partial charge in [-0.1, -0.05) is 25.5 Å². The molecule has 39 heavy (non-hydrogen) atoms. The van der Waals surface area contributed by atoms with E-state index < -0.39 is 5.60 Å². The van der Waals surface area contributed by atoms with Gasteiger partial charge >= 0.3 is 0 Å². The summed E-state index contributed by atoms with van der Waals surface area (Å²) in [4.78, 5) is 20.0. The Morgan fingerprint density at radius 2 is 1.97 bits per heavy atom. The van der Waals surface area contributed by atoms with Gasteiger partial charge in [0.25, 0.3) is 5.56 Å². The van der Waals surface area contributed by atoms with E-state index in [0.29, 0.717) is 17.3 Å². The van der Waals surface area contributed by atoms with Crippen LogP contribution in [0.1, 0.15) is 80.4 Å². The molecule has 2 saturated carbocycles. The third-order valence-electron chi connectivity index (χ3n) is 9.35. The van der Waals surface area contributed by atoms with Gasteiger partial charge < -0.3 is 14.7 Å². The number of benzene rings is 1. The zero-order valence-electron chi connectivity index (χ0n) is 22.9. The molecule has 1 saturated heterocycles. The van der Waals surface area contributed by atoms with Crippen molar-refractivity contribution in [3.63, 3.8) is 0 Å². The Morgan fingerprint density at radius 3 is 2.67 bits per heavy atom. The van der Waals surface area contributed by atoms with Gasteiger partial charge in [-0.25, -0.2) is 0 Å². The normalized spacial score (nSPS) is 22.2. The number of aromatic amines is 1. The molecule has 2 atom stereocenters. The zero-order valence-corrected chi connectivity index (χ0v) is 22.9. The van der Waals surface area contributed by atoms with Crippen molar-refractivity contribution < 1.29 is 5.11 Å². The van der Waals surface area contributed by atoms with Crippen molar-refractivity contribution >= 4 is 10.9 Å². The summed E-state index contributed by atoms with van der Waals surface area (Å²) in [5.74, 6) is 1.83. The Labute approximate surface area is 228 Å². The van der Waals surface area contributed by atoms with Crippen molar-refractivity contribution in [1.82, 2.24) is 29.2 Å². The summed E-state index contributed by atoms with van der Waals surface area (Å²) in [7, 11) is 1.87. The highest BCUT2D eigenvalue weighted by Gasteiger charge is 2.46. The summed E-state index contributed by atoms with van der Waals surface area (Å²) in [5, 5.41) is 21.6. The third kappa shape index (κ3) is 4.25. The second-order valence-corrected chi connectivity index (χ2v) is 12.3. The van der Waals surface area contributed by atoms with E-state index in [1.54, 1.807) is 15.5 Å². The second-order valence-electron chi connectivity index (χ2n) is 12.3. The number of pyridine rings is 1. The number of nitrogens with one attached hydrogen (secondary N) is 1. The molecule has 1 aliphatic heterocycles. The Balaban J connectivity index is 1.31. The van der Waals surface area contributed by atoms with Gasteiger partial charge in [0.15, 0.2) is 11.4 Å². The van der Waals surface area contributed by atoms with Crippen LogP contribution in [0.3, 0.4) is 0 Å². The molecule has 8 nitrogen and oxygen atoms in total. The molecule has 2 N–H and O–H groups in total. The number of rotatable bonds is 7. The second kappa shape index (κ2) is 9.45. The molecule has 4 heterocycles. The first kappa shape index (κ1) is 24.8. The minimum Gasteiger partial charge on any atom is -0.377 e. The van der Waals surface area contributed by atoms with Gasteiger partial charge in [0, 0.05) is 43.1 Å². The highest BCUT2D eigenvalue weighted by molar-refractivity contribution is 5.84. The molecule has 3 fully saturated rings. The maximum absolute atomic E-state index is 14.0. The summed E-state index contributed by atoms with van der Waals surface area (Å²) in [6, 6.07) is 10.0. The van der Waals surface area contributed by atoms with E-state index in [1.807, 2.05) is 37.5 Å². The van der Waals surface area contributed by atoms with E-state index in [9.17, 15) is 9.90 Å². The molecule has 8 heteroatoms. The number of aliphatic hydroxyl groups is 1. The smallest absolute Gasteiger partial charge is 0.279 e. The molecule has 204 valence electrons. The summed E-state index contributed by atoms with van der Waals surface area (Å²) in [6.45, 7) is 5.40. The van der Waals surface area contributed by atoms with Crippen LogP contribution in [0.2, 0.25) is 0 Å². The number of fused-ring (bicyclic) bond motifs is 1.